The summed E-state index contributed by atoms with van der Waals surface area (Å²) in [5, 5.41) is 52.5. The second-order valence-electron chi connectivity index (χ2n) is 5.52. The van der Waals surface area contributed by atoms with Gasteiger partial charge in [-0.25, -0.2) is 0 Å². The predicted octanol–water partition coefficient (Wildman–Crippen LogP) is -2.94. The van der Waals surface area contributed by atoms with Crippen molar-refractivity contribution in [3.05, 3.63) is 0 Å². The van der Waals surface area contributed by atoms with Gasteiger partial charge in [-0.3, -0.25) is 14.4 Å². The maximum atomic E-state index is 11.4. The van der Waals surface area contributed by atoms with Crippen molar-refractivity contribution >= 4 is 17.9 Å². The summed E-state index contributed by atoms with van der Waals surface area (Å²) in [6.45, 7) is 2.90. The molecule has 0 radical (unpaired) electrons. The molecule has 0 aliphatic carbocycles. The van der Waals surface area contributed by atoms with Gasteiger partial charge in [0.1, 0.15) is 0 Å². The Morgan fingerprint density at radius 3 is 1.52 bits per heavy atom. The van der Waals surface area contributed by atoms with Gasteiger partial charge in [-0.2, -0.15) is 0 Å². The van der Waals surface area contributed by atoms with Gasteiger partial charge in [-0.05, 0) is 0 Å². The lowest BCUT2D eigenvalue weighted by Crippen LogP contribution is -2.80. The fraction of sp³-hybridized carbons (Fsp3) is 0.786. The van der Waals surface area contributed by atoms with Crippen LogP contribution in [0.25, 0.3) is 0 Å². The molecule has 0 fully saturated rings. The minimum Gasteiger partial charge on any atom is -0.430 e. The van der Waals surface area contributed by atoms with Crippen molar-refractivity contribution in [3.8, 4) is 0 Å². The molecule has 0 heterocycles. The third-order valence-corrected chi connectivity index (χ3v) is 3.43. The molecular formula is C14H24O13. The van der Waals surface area contributed by atoms with Gasteiger partial charge in [-0.1, -0.05) is 0 Å². The van der Waals surface area contributed by atoms with Gasteiger partial charge in [0.15, 0.2) is 0 Å². The molecule has 0 aliphatic rings. The first-order valence-electron chi connectivity index (χ1n) is 7.28. The molecule has 0 bridgehead atoms. The number of methoxy groups -OCH3 is 2. The van der Waals surface area contributed by atoms with Crippen molar-refractivity contribution in [3.63, 3.8) is 0 Å². The molecule has 0 saturated heterocycles. The Labute approximate surface area is 154 Å². The van der Waals surface area contributed by atoms with Crippen LogP contribution in [0.2, 0.25) is 0 Å². The van der Waals surface area contributed by atoms with Crippen molar-refractivity contribution in [1.29, 1.82) is 0 Å². The Morgan fingerprint density at radius 2 is 1.22 bits per heavy atom. The van der Waals surface area contributed by atoms with E-state index in [0.29, 0.717) is 21.1 Å². The number of hydrogen-bond donors (Lipinski definition) is 5. The minimum atomic E-state index is -3.82. The van der Waals surface area contributed by atoms with E-state index in [4.69, 9.17) is 0 Å². The van der Waals surface area contributed by atoms with Crippen LogP contribution in [0.3, 0.4) is 0 Å². The summed E-state index contributed by atoms with van der Waals surface area (Å²) in [6, 6.07) is 0. The summed E-state index contributed by atoms with van der Waals surface area (Å²) in [5.74, 6) is -18.2. The Hall–Kier alpha value is -1.87. The number of aliphatic hydroxyl groups is 5. The molecule has 0 aromatic rings. The molecule has 158 valence electrons. The second-order valence-corrected chi connectivity index (χ2v) is 5.52. The summed E-state index contributed by atoms with van der Waals surface area (Å²) >= 11 is 0. The molecule has 0 spiro atoms. The standard InChI is InChI=1S/C14H24O13/c1-7(15)25-10(18)12(20,23-5)14(22,24-6)13(21,27-9(3)17)11(4,19)26-8(2)16/h10,18-22H,1-6H3/t10?,11-,12-,13-,14-/m1/s1. The average molecular weight is 400 g/mol. The third kappa shape index (κ3) is 4.52. The highest BCUT2D eigenvalue weighted by molar-refractivity contribution is 5.68. The van der Waals surface area contributed by atoms with Gasteiger partial charge < -0.3 is 49.2 Å². The first kappa shape index (κ1) is 25.1. The smallest absolute Gasteiger partial charge is 0.337 e. The lowest BCUT2D eigenvalue weighted by atomic mass is 9.88. The molecule has 0 aromatic heterocycles. The van der Waals surface area contributed by atoms with Crippen LogP contribution in [0.4, 0.5) is 0 Å². The number of hydrogen-bond acceptors (Lipinski definition) is 13. The van der Waals surface area contributed by atoms with Crippen LogP contribution in [0, 0.1) is 0 Å². The van der Waals surface area contributed by atoms with E-state index in [0.717, 1.165) is 20.8 Å². The van der Waals surface area contributed by atoms with Gasteiger partial charge in [0.05, 0.1) is 0 Å². The zero-order valence-electron chi connectivity index (χ0n) is 15.6. The molecule has 0 aromatic carbocycles. The topological polar surface area (TPSA) is 199 Å². The van der Waals surface area contributed by atoms with Crippen molar-refractivity contribution in [2.75, 3.05) is 14.2 Å². The van der Waals surface area contributed by atoms with Crippen LogP contribution < -0.4 is 0 Å². The van der Waals surface area contributed by atoms with E-state index in [-0.39, 0.29) is 0 Å². The monoisotopic (exact) mass is 400 g/mol. The van der Waals surface area contributed by atoms with Crippen LogP contribution in [-0.2, 0) is 38.1 Å². The third-order valence-electron chi connectivity index (χ3n) is 3.43. The Kier molecular flexibility index (Phi) is 7.85. The van der Waals surface area contributed by atoms with E-state index >= 15 is 0 Å². The summed E-state index contributed by atoms with van der Waals surface area (Å²) in [7, 11) is 1.30. The molecule has 13 nitrogen and oxygen atoms in total. The van der Waals surface area contributed by atoms with Crippen molar-refractivity contribution in [2.45, 2.75) is 57.1 Å². The number of rotatable bonds is 9. The van der Waals surface area contributed by atoms with Gasteiger partial charge in [0, 0.05) is 41.9 Å². The van der Waals surface area contributed by atoms with Crippen molar-refractivity contribution in [2.24, 2.45) is 0 Å². The predicted molar refractivity (Wildman–Crippen MR) is 80.8 cm³/mol. The quantitative estimate of drug-likeness (QED) is 0.150. The number of carbonyl (C=O) groups is 3. The Morgan fingerprint density at radius 1 is 0.778 bits per heavy atom. The highest BCUT2D eigenvalue weighted by Crippen LogP contribution is 2.44. The van der Waals surface area contributed by atoms with Crippen molar-refractivity contribution < 1.29 is 63.6 Å². The maximum absolute atomic E-state index is 11.4. The van der Waals surface area contributed by atoms with Gasteiger partial charge >= 0.3 is 29.5 Å². The van der Waals surface area contributed by atoms with E-state index in [2.05, 4.69) is 23.7 Å². The Balaban J connectivity index is 6.70. The minimum absolute atomic E-state index is 0.565. The molecular weight excluding hydrogens is 376 g/mol. The SMILES string of the molecule is CO[C@@](O)([C@](O)(OC(C)=O)[C@](C)(O)OC(C)=O)[C@](O)(OC)C(O)OC(C)=O. The van der Waals surface area contributed by atoms with E-state index in [1.165, 1.54) is 0 Å². The molecule has 1 unspecified atom stereocenters. The van der Waals surface area contributed by atoms with E-state index < -0.39 is 47.3 Å². The van der Waals surface area contributed by atoms with Crippen LogP contribution in [0.5, 0.6) is 0 Å². The van der Waals surface area contributed by atoms with E-state index in [1.807, 2.05) is 0 Å². The Bertz CT molecular complexity index is 575. The summed E-state index contributed by atoms with van der Waals surface area (Å²) < 4.78 is 22.4. The van der Waals surface area contributed by atoms with Gasteiger partial charge in [-0.15, -0.1) is 0 Å². The lowest BCUT2D eigenvalue weighted by molar-refractivity contribution is -0.524. The molecule has 27 heavy (non-hydrogen) atoms. The molecule has 5 N–H and O–H groups in total. The number of esters is 3. The van der Waals surface area contributed by atoms with Crippen LogP contribution >= 0.6 is 0 Å². The average Bonchev–Trinajstić information content (AvgIpc) is 2.50. The fourth-order valence-corrected chi connectivity index (χ4v) is 2.21. The van der Waals surface area contributed by atoms with Crippen molar-refractivity contribution in [1.82, 2.24) is 0 Å². The van der Waals surface area contributed by atoms with Crippen LogP contribution in [-0.4, -0.2) is 87.1 Å². The van der Waals surface area contributed by atoms with E-state index in [9.17, 15) is 39.9 Å². The van der Waals surface area contributed by atoms with Gasteiger partial charge in [0.2, 0.25) is 0 Å². The lowest BCUT2D eigenvalue weighted by Gasteiger charge is -2.52. The number of ether oxygens (including phenoxy) is 5. The molecule has 0 aliphatic heterocycles. The first-order valence-corrected chi connectivity index (χ1v) is 7.28. The second kappa shape index (κ2) is 8.43. The molecule has 5 atom stereocenters. The highest BCUT2D eigenvalue weighted by Gasteiger charge is 2.78. The summed E-state index contributed by atoms with van der Waals surface area (Å²) in [5.41, 5.74) is 0. The van der Waals surface area contributed by atoms with Crippen LogP contribution in [0.1, 0.15) is 27.7 Å². The van der Waals surface area contributed by atoms with Crippen LogP contribution in [0.15, 0.2) is 0 Å². The molecule has 0 saturated carbocycles. The molecule has 13 heteroatoms. The van der Waals surface area contributed by atoms with Gasteiger partial charge in [0.25, 0.3) is 17.9 Å². The number of aliphatic hydroxyl groups excluding tert-OH is 1. The van der Waals surface area contributed by atoms with E-state index in [1.54, 1.807) is 0 Å². The fourth-order valence-electron chi connectivity index (χ4n) is 2.21. The first-order chi connectivity index (χ1) is 12.0. The molecule has 0 amide bonds. The largest absolute Gasteiger partial charge is 0.430 e. The summed E-state index contributed by atoms with van der Waals surface area (Å²) in [6.07, 6.45) is -2.75. The normalized spacial score (nSPS) is 21.4. The maximum Gasteiger partial charge on any atom is 0.337 e. The number of carbonyl (C=O) groups excluding carboxylic acids is 3. The summed E-state index contributed by atoms with van der Waals surface area (Å²) in [4.78, 5) is 33.7. The highest BCUT2D eigenvalue weighted by atomic mass is 16.8. The molecule has 0 rings (SSSR count). The zero-order valence-corrected chi connectivity index (χ0v) is 15.6. The zero-order chi connectivity index (χ0) is 21.8.